The monoisotopic (exact) mass is 325 g/mol. The van der Waals surface area contributed by atoms with E-state index < -0.39 is 0 Å². The minimum atomic E-state index is -0.214. The van der Waals surface area contributed by atoms with Crippen molar-refractivity contribution < 1.29 is 4.39 Å². The van der Waals surface area contributed by atoms with Gasteiger partial charge in [0.2, 0.25) is 0 Å². The van der Waals surface area contributed by atoms with E-state index in [0.29, 0.717) is 5.75 Å². The van der Waals surface area contributed by atoms with Gasteiger partial charge in [-0.05, 0) is 55.3 Å². The van der Waals surface area contributed by atoms with E-state index in [1.54, 1.807) is 17.8 Å². The molecule has 0 saturated heterocycles. The molecule has 1 nitrogen and oxygen atoms in total. The molecule has 0 atom stereocenters. The second kappa shape index (κ2) is 5.85. The Bertz CT molecular complexity index is 480. The van der Waals surface area contributed by atoms with Crippen LogP contribution in [0.4, 0.5) is 4.39 Å². The van der Waals surface area contributed by atoms with Crippen molar-refractivity contribution in [2.45, 2.75) is 24.6 Å². The SMILES string of the molecule is Cc1cc(C)nc(SCc2cc(F)cc(Br)c2)c1. The fraction of sp³-hybridized carbons (Fsp3) is 0.214. The first-order chi connectivity index (χ1) is 8.52. The molecule has 0 amide bonds. The average molecular weight is 326 g/mol. The molecule has 2 aromatic rings. The Labute approximate surface area is 119 Å². The van der Waals surface area contributed by atoms with Crippen LogP contribution in [-0.4, -0.2) is 4.98 Å². The maximum absolute atomic E-state index is 13.2. The Kier molecular flexibility index (Phi) is 4.40. The standard InChI is InChI=1S/C14H13BrFNS/c1-9-3-10(2)17-14(4-9)18-8-11-5-12(15)7-13(16)6-11/h3-7H,8H2,1-2H3. The van der Waals surface area contributed by atoms with E-state index in [-0.39, 0.29) is 5.82 Å². The van der Waals surface area contributed by atoms with Crippen LogP contribution < -0.4 is 0 Å². The minimum Gasteiger partial charge on any atom is -0.247 e. The molecule has 4 heteroatoms. The van der Waals surface area contributed by atoms with E-state index in [2.05, 4.69) is 27.8 Å². The maximum atomic E-state index is 13.2. The van der Waals surface area contributed by atoms with Gasteiger partial charge in [0.15, 0.2) is 0 Å². The van der Waals surface area contributed by atoms with Gasteiger partial charge in [0.25, 0.3) is 0 Å². The fourth-order valence-corrected chi connectivity index (χ4v) is 3.20. The third-order valence-corrected chi connectivity index (χ3v) is 3.82. The molecule has 94 valence electrons. The molecule has 0 aliphatic rings. The molecule has 18 heavy (non-hydrogen) atoms. The van der Waals surface area contributed by atoms with Gasteiger partial charge in [0, 0.05) is 15.9 Å². The molecule has 0 aliphatic heterocycles. The summed E-state index contributed by atoms with van der Waals surface area (Å²) in [7, 11) is 0. The van der Waals surface area contributed by atoms with Gasteiger partial charge < -0.3 is 0 Å². The predicted octanol–water partition coefficient (Wildman–Crippen LogP) is 4.89. The maximum Gasteiger partial charge on any atom is 0.124 e. The van der Waals surface area contributed by atoms with Crippen molar-refractivity contribution in [2.75, 3.05) is 0 Å². The average Bonchev–Trinajstić information content (AvgIpc) is 2.23. The topological polar surface area (TPSA) is 12.9 Å². The number of benzene rings is 1. The Balaban J connectivity index is 2.11. The molecule has 1 heterocycles. The Morgan fingerprint density at radius 2 is 1.94 bits per heavy atom. The summed E-state index contributed by atoms with van der Waals surface area (Å²) in [5.41, 5.74) is 3.16. The van der Waals surface area contributed by atoms with Gasteiger partial charge in [-0.3, -0.25) is 0 Å². The highest BCUT2D eigenvalue weighted by atomic mass is 79.9. The van der Waals surface area contributed by atoms with Crippen LogP contribution in [0.15, 0.2) is 39.8 Å². The minimum absolute atomic E-state index is 0.214. The molecular weight excluding hydrogens is 313 g/mol. The summed E-state index contributed by atoms with van der Waals surface area (Å²) < 4.78 is 14.0. The van der Waals surface area contributed by atoms with Crippen LogP contribution in [0.2, 0.25) is 0 Å². The summed E-state index contributed by atoms with van der Waals surface area (Å²) in [5.74, 6) is 0.500. The lowest BCUT2D eigenvalue weighted by molar-refractivity contribution is 0.625. The van der Waals surface area contributed by atoms with Gasteiger partial charge >= 0.3 is 0 Å². The zero-order chi connectivity index (χ0) is 13.1. The molecule has 1 aromatic heterocycles. The molecule has 0 spiro atoms. The normalized spacial score (nSPS) is 10.7. The lowest BCUT2D eigenvalue weighted by Crippen LogP contribution is -1.89. The number of nitrogens with zero attached hydrogens (tertiary/aromatic N) is 1. The van der Waals surface area contributed by atoms with Gasteiger partial charge in [-0.1, -0.05) is 15.9 Å². The van der Waals surface area contributed by atoms with Crippen molar-refractivity contribution >= 4 is 27.7 Å². The van der Waals surface area contributed by atoms with Crippen LogP contribution >= 0.6 is 27.7 Å². The predicted molar refractivity (Wildman–Crippen MR) is 77.4 cm³/mol. The Morgan fingerprint density at radius 1 is 1.17 bits per heavy atom. The largest absolute Gasteiger partial charge is 0.247 e. The zero-order valence-corrected chi connectivity index (χ0v) is 12.6. The number of aromatic nitrogens is 1. The van der Waals surface area contributed by atoms with Crippen LogP contribution in [0, 0.1) is 19.7 Å². The molecule has 0 bridgehead atoms. The zero-order valence-electron chi connectivity index (χ0n) is 10.2. The smallest absolute Gasteiger partial charge is 0.124 e. The summed E-state index contributed by atoms with van der Waals surface area (Å²) >= 11 is 4.92. The molecule has 0 fully saturated rings. The first kappa shape index (κ1) is 13.6. The van der Waals surface area contributed by atoms with E-state index in [1.165, 1.54) is 11.6 Å². The number of pyridine rings is 1. The molecule has 2 rings (SSSR count). The first-order valence-corrected chi connectivity index (χ1v) is 7.34. The van der Waals surface area contributed by atoms with Crippen LogP contribution in [0.25, 0.3) is 0 Å². The molecule has 0 saturated carbocycles. The lowest BCUT2D eigenvalue weighted by atomic mass is 10.2. The van der Waals surface area contributed by atoms with Crippen LogP contribution in [0.5, 0.6) is 0 Å². The highest BCUT2D eigenvalue weighted by Gasteiger charge is 2.02. The molecule has 0 N–H and O–H groups in total. The van der Waals surface area contributed by atoms with Crippen LogP contribution in [0.1, 0.15) is 16.8 Å². The third-order valence-electron chi connectivity index (χ3n) is 2.38. The Hall–Kier alpha value is -0.870. The number of thioether (sulfide) groups is 1. The second-order valence-corrected chi connectivity index (χ2v) is 6.10. The van der Waals surface area contributed by atoms with Crippen molar-refractivity contribution in [3.05, 3.63) is 57.4 Å². The van der Waals surface area contributed by atoms with Crippen molar-refractivity contribution in [2.24, 2.45) is 0 Å². The fourth-order valence-electron chi connectivity index (χ4n) is 1.73. The number of hydrogen-bond donors (Lipinski definition) is 0. The van der Waals surface area contributed by atoms with E-state index in [1.807, 2.05) is 25.1 Å². The summed E-state index contributed by atoms with van der Waals surface area (Å²) in [6.45, 7) is 4.04. The van der Waals surface area contributed by atoms with E-state index >= 15 is 0 Å². The summed E-state index contributed by atoms with van der Waals surface area (Å²) in [6, 6.07) is 9.04. The van der Waals surface area contributed by atoms with E-state index in [4.69, 9.17) is 0 Å². The van der Waals surface area contributed by atoms with Crippen molar-refractivity contribution in [3.8, 4) is 0 Å². The van der Waals surface area contributed by atoms with Gasteiger partial charge in [-0.15, -0.1) is 11.8 Å². The number of rotatable bonds is 3. The molecular formula is C14H13BrFNS. The number of halogens is 2. The van der Waals surface area contributed by atoms with E-state index in [9.17, 15) is 4.39 Å². The molecule has 0 unspecified atom stereocenters. The van der Waals surface area contributed by atoms with E-state index in [0.717, 1.165) is 20.8 Å². The number of hydrogen-bond acceptors (Lipinski definition) is 2. The highest BCUT2D eigenvalue weighted by molar-refractivity contribution is 9.10. The van der Waals surface area contributed by atoms with Crippen LogP contribution in [0.3, 0.4) is 0 Å². The summed E-state index contributed by atoms with van der Waals surface area (Å²) in [5, 5.41) is 0.980. The van der Waals surface area contributed by atoms with Crippen LogP contribution in [-0.2, 0) is 5.75 Å². The Morgan fingerprint density at radius 3 is 2.61 bits per heavy atom. The molecule has 0 aliphatic carbocycles. The molecule has 1 aromatic carbocycles. The van der Waals surface area contributed by atoms with Crippen molar-refractivity contribution in [3.63, 3.8) is 0 Å². The lowest BCUT2D eigenvalue weighted by Gasteiger charge is -2.05. The quantitative estimate of drug-likeness (QED) is 0.745. The first-order valence-electron chi connectivity index (χ1n) is 5.56. The van der Waals surface area contributed by atoms with Gasteiger partial charge in [-0.25, -0.2) is 9.37 Å². The summed E-state index contributed by atoms with van der Waals surface area (Å²) in [6.07, 6.45) is 0. The summed E-state index contributed by atoms with van der Waals surface area (Å²) in [4.78, 5) is 4.45. The third kappa shape index (κ3) is 3.82. The van der Waals surface area contributed by atoms with Gasteiger partial charge in [0.05, 0.1) is 5.03 Å². The highest BCUT2D eigenvalue weighted by Crippen LogP contribution is 2.24. The van der Waals surface area contributed by atoms with Crippen molar-refractivity contribution in [1.82, 2.24) is 4.98 Å². The van der Waals surface area contributed by atoms with Gasteiger partial charge in [0.1, 0.15) is 5.82 Å². The second-order valence-electron chi connectivity index (χ2n) is 4.19. The van der Waals surface area contributed by atoms with Gasteiger partial charge in [-0.2, -0.15) is 0 Å². The van der Waals surface area contributed by atoms with Crippen molar-refractivity contribution in [1.29, 1.82) is 0 Å². The number of aryl methyl sites for hydroxylation is 2. The molecule has 0 radical (unpaired) electrons.